The van der Waals surface area contributed by atoms with Crippen LogP contribution in [0.2, 0.25) is 22.2 Å². The first-order chi connectivity index (χ1) is 18.3. The molecule has 0 nitrogen and oxygen atoms in total. The average Bonchev–Trinajstić information content (AvgIpc) is 2.95. The fraction of sp³-hybridized carbons (Fsp3) is 1.00. The first kappa shape index (κ1) is 33.5. The molecule has 1 saturated heterocycles. The second-order valence-corrected chi connectivity index (χ2v) is 17.7. The minimum absolute atomic E-state index is 0.440. The molecule has 4 bridgehead atoms. The summed E-state index contributed by atoms with van der Waals surface area (Å²) in [6.45, 7) is 13.9. The summed E-state index contributed by atoms with van der Waals surface area (Å²) in [6, 6.07) is 0. The van der Waals surface area contributed by atoms with E-state index in [0.717, 1.165) is 34.7 Å². The Kier molecular flexibility index (Phi) is 15.2. The van der Waals surface area contributed by atoms with Crippen LogP contribution in [0.15, 0.2) is 0 Å². The van der Waals surface area contributed by atoms with Crippen LogP contribution in [0.3, 0.4) is 0 Å². The quantitative estimate of drug-likeness (QED) is 0.312. The van der Waals surface area contributed by atoms with Crippen molar-refractivity contribution in [3.8, 4) is 0 Å². The van der Waals surface area contributed by atoms with Gasteiger partial charge in [0.05, 0.1) is 15.6 Å². The maximum absolute atomic E-state index is 2.70. The zero-order valence-corrected chi connectivity index (χ0v) is 28.5. The summed E-state index contributed by atoms with van der Waals surface area (Å²) in [5.41, 5.74) is 0. The molecule has 1 heterocycles. The van der Waals surface area contributed by atoms with Crippen LogP contribution in [-0.2, 0) is 0 Å². The summed E-state index contributed by atoms with van der Waals surface area (Å²) < 4.78 is 0. The molecule has 0 aromatic rings. The third-order valence-corrected chi connectivity index (χ3v) is 15.4. The Morgan fingerprint density at radius 1 is 0.658 bits per heavy atom. The van der Waals surface area contributed by atoms with Crippen LogP contribution in [0.1, 0.15) is 156 Å². The summed E-state index contributed by atoms with van der Waals surface area (Å²) in [4.78, 5) is 0. The van der Waals surface area contributed by atoms with Crippen molar-refractivity contribution in [2.75, 3.05) is 0 Å². The lowest BCUT2D eigenvalue weighted by molar-refractivity contribution is 0.293. The minimum Gasteiger partial charge on any atom is -0.211 e. The monoisotopic (exact) mass is 554 g/mol. The van der Waals surface area contributed by atoms with Crippen molar-refractivity contribution in [3.63, 3.8) is 0 Å². The van der Waals surface area contributed by atoms with Gasteiger partial charge < -0.3 is 0 Å². The Hall–Kier alpha value is 1.02. The molecule has 0 aromatic carbocycles. The highest BCUT2D eigenvalue weighted by molar-refractivity contribution is 8.23. The van der Waals surface area contributed by atoms with Crippen molar-refractivity contribution >= 4 is 58.5 Å². The molecule has 214 valence electrons. The molecule has 0 N–H and O–H groups in total. The summed E-state index contributed by atoms with van der Waals surface area (Å²) in [5.74, 6) is 2.85. The maximum atomic E-state index is 2.70. The number of rotatable bonds is 5. The van der Waals surface area contributed by atoms with E-state index in [1.807, 2.05) is 0 Å². The second-order valence-electron chi connectivity index (χ2n) is 15.0. The van der Waals surface area contributed by atoms with Gasteiger partial charge >= 0.3 is 0 Å². The van der Waals surface area contributed by atoms with Crippen LogP contribution in [-0.4, -0.2) is 45.8 Å². The summed E-state index contributed by atoms with van der Waals surface area (Å²) in [6.07, 6.45) is 29.6. The van der Waals surface area contributed by atoms with E-state index < -0.39 is 0 Å². The van der Waals surface area contributed by atoms with E-state index >= 15 is 0 Å². The fourth-order valence-electron chi connectivity index (χ4n) is 8.40. The van der Waals surface area contributed by atoms with Gasteiger partial charge in [0.15, 0.2) is 13.1 Å². The molecule has 6 atom stereocenters. The Bertz CT molecular complexity index is 616. The molecule has 0 aromatic heterocycles. The van der Waals surface area contributed by atoms with E-state index in [2.05, 4.69) is 66.5 Å². The summed E-state index contributed by atoms with van der Waals surface area (Å²) in [7, 11) is 5.17. The van der Waals surface area contributed by atoms with Gasteiger partial charge in [-0.2, -0.15) is 0 Å². The highest BCUT2D eigenvalue weighted by Gasteiger charge is 2.45. The molecule has 1 aliphatic heterocycles. The lowest BCUT2D eigenvalue weighted by Crippen LogP contribution is -2.45. The Morgan fingerprint density at radius 3 is 1.55 bits per heavy atom. The molecule has 3 rings (SSSR count). The van der Waals surface area contributed by atoms with Gasteiger partial charge in [-0.1, -0.05) is 159 Å². The normalized spacial score (nSPS) is 34.3. The molecule has 2 aliphatic carbocycles. The molecule has 0 radical (unpaired) electrons. The molecule has 0 amide bonds. The third kappa shape index (κ3) is 10.4. The van der Waals surface area contributed by atoms with Crippen LogP contribution in [0.5, 0.6) is 0 Å². The van der Waals surface area contributed by atoms with E-state index in [1.54, 1.807) is 0 Å². The molecule has 3 aliphatic rings. The highest BCUT2D eigenvalue weighted by atomic mass is 32.2. The molecule has 2 saturated carbocycles. The Labute approximate surface area is 252 Å². The largest absolute Gasteiger partial charge is 0.211 e. The van der Waals surface area contributed by atoms with E-state index in [4.69, 9.17) is 0 Å². The third-order valence-electron chi connectivity index (χ3n) is 12.3. The van der Waals surface area contributed by atoms with Crippen LogP contribution in [0.25, 0.3) is 0 Å². The number of hydrogen-bond donors (Lipinski definition) is 0. The van der Waals surface area contributed by atoms with Crippen molar-refractivity contribution in [1.29, 1.82) is 0 Å². The Morgan fingerprint density at radius 2 is 1.11 bits per heavy atom. The summed E-state index contributed by atoms with van der Waals surface area (Å²) >= 11 is 4.86. The van der Waals surface area contributed by atoms with Gasteiger partial charge in [0.25, 0.3) is 0 Å². The van der Waals surface area contributed by atoms with Crippen molar-refractivity contribution < 1.29 is 0 Å². The topological polar surface area (TPSA) is 0 Å². The van der Waals surface area contributed by atoms with E-state index in [9.17, 15) is 0 Å². The van der Waals surface area contributed by atoms with E-state index in [1.165, 1.54) is 142 Å². The fourth-order valence-corrected chi connectivity index (χ4v) is 11.7. The lowest BCUT2D eigenvalue weighted by Gasteiger charge is -2.48. The zero-order valence-electron chi connectivity index (χ0n) is 26.8. The maximum Gasteiger partial charge on any atom is 0.195 e. The van der Waals surface area contributed by atoms with Crippen LogP contribution in [0.4, 0.5) is 0 Å². The van der Waals surface area contributed by atoms with E-state index in [-0.39, 0.29) is 0 Å². The van der Waals surface area contributed by atoms with Gasteiger partial charge in [-0.25, -0.2) is 23.2 Å². The zero-order chi connectivity index (χ0) is 27.4. The van der Waals surface area contributed by atoms with Gasteiger partial charge in [-0.15, -0.1) is 0 Å². The SMILES string of the molecule is BB(C(B)(C)CC)C(C)(CC)C1CCCC2BSC3CCCCCCCCC(C3)SBC(CCC2)CCC1. The summed E-state index contributed by atoms with van der Waals surface area (Å²) in [5, 5.41) is 2.79. The average molecular weight is 554 g/mol. The number of fused-ring (bicyclic) bond motifs is 6. The molecule has 7 heteroatoms. The van der Waals surface area contributed by atoms with Crippen molar-refractivity contribution in [2.24, 2.45) is 5.92 Å². The van der Waals surface area contributed by atoms with Gasteiger partial charge in [0.2, 0.25) is 0 Å². The Balaban J connectivity index is 1.77. The second kappa shape index (κ2) is 17.2. The van der Waals surface area contributed by atoms with Crippen LogP contribution in [0, 0.1) is 5.92 Å². The molecule has 6 unspecified atom stereocenters. The van der Waals surface area contributed by atoms with Crippen molar-refractivity contribution in [1.82, 2.24) is 0 Å². The van der Waals surface area contributed by atoms with Gasteiger partial charge in [0.1, 0.15) is 6.60 Å². The minimum atomic E-state index is 0.440. The predicted molar refractivity (Wildman–Crippen MR) is 191 cm³/mol. The van der Waals surface area contributed by atoms with Crippen molar-refractivity contribution in [2.45, 2.75) is 189 Å². The standard InChI is InChI=1S/C31H63B5S2/c1-5-30(3,36(33)31(4,32)6-2)25-16-13-18-26-20-15-21-27(19-14-17-25)35-38-29-23-12-10-8-7-9-11-22-28(24-29)37-34-26/h25-29,34-35H,5-24,32-33H2,1-4H3. The molecule has 3 fully saturated rings. The lowest BCUT2D eigenvalue weighted by atomic mass is 9.07. The highest BCUT2D eigenvalue weighted by Crippen LogP contribution is 2.53. The van der Waals surface area contributed by atoms with Crippen LogP contribution >= 0.6 is 23.2 Å². The van der Waals surface area contributed by atoms with Gasteiger partial charge in [-0.05, 0) is 35.7 Å². The van der Waals surface area contributed by atoms with Crippen molar-refractivity contribution in [3.05, 3.63) is 0 Å². The smallest absolute Gasteiger partial charge is 0.195 e. The van der Waals surface area contributed by atoms with Gasteiger partial charge in [0, 0.05) is 0 Å². The van der Waals surface area contributed by atoms with Crippen LogP contribution < -0.4 is 0 Å². The van der Waals surface area contributed by atoms with Gasteiger partial charge in [-0.3, -0.25) is 0 Å². The molecular weight excluding hydrogens is 491 g/mol. The van der Waals surface area contributed by atoms with E-state index in [0.29, 0.717) is 10.5 Å². The number of hydrogen-bond acceptors (Lipinski definition) is 2. The molecule has 0 spiro atoms. The predicted octanol–water partition coefficient (Wildman–Crippen LogP) is 8.70. The molecule has 38 heavy (non-hydrogen) atoms. The first-order valence-corrected chi connectivity index (χ1v) is 19.6. The molecular formula is C31H63B5S2. The first-order valence-electron chi connectivity index (χ1n) is 17.5.